The van der Waals surface area contributed by atoms with Gasteiger partial charge < -0.3 is 4.52 Å². The van der Waals surface area contributed by atoms with Crippen molar-refractivity contribution in [2.24, 2.45) is 28.8 Å². The molecular weight excluding hydrogens is 335 g/mol. The zero-order chi connectivity index (χ0) is 17.4. The Bertz CT molecular complexity index is 659. The fourth-order valence-corrected chi connectivity index (χ4v) is 6.57. The molecule has 0 saturated heterocycles. The number of nitrogens with one attached hydrogen (secondary N) is 1. The number of hydrazone groups is 1. The van der Waals surface area contributed by atoms with E-state index in [-0.39, 0.29) is 6.10 Å². The summed E-state index contributed by atoms with van der Waals surface area (Å²) in [5, 5.41) is 6.83. The molecule has 0 radical (unpaired) electrons. The molecule has 1 aromatic rings. The Balaban J connectivity index is 1.54. The highest BCUT2D eigenvalue weighted by atomic mass is 31.2. The van der Waals surface area contributed by atoms with E-state index in [1.165, 1.54) is 32.1 Å². The second-order valence-corrected chi connectivity index (χ2v) is 9.65. The van der Waals surface area contributed by atoms with E-state index in [9.17, 15) is 4.57 Å². The Morgan fingerprint density at radius 2 is 1.64 bits per heavy atom. The van der Waals surface area contributed by atoms with Crippen LogP contribution in [0.5, 0.6) is 5.75 Å². The number of benzene rings is 1. The lowest BCUT2D eigenvalue weighted by molar-refractivity contribution is -0.0824. The monoisotopic (exact) mass is 362 g/mol. The van der Waals surface area contributed by atoms with Crippen LogP contribution in [-0.4, -0.2) is 11.8 Å². The second-order valence-electron chi connectivity index (χ2n) is 8.06. The smallest absolute Gasteiger partial charge is 0.408 e. The number of hydrogen-bond donors (Lipinski definition) is 1. The van der Waals surface area contributed by atoms with Gasteiger partial charge in [-0.3, -0.25) is 4.52 Å². The number of rotatable bonds is 6. The van der Waals surface area contributed by atoms with Crippen LogP contribution in [0.4, 0.5) is 0 Å². The van der Waals surface area contributed by atoms with Crippen LogP contribution in [0.1, 0.15) is 46.0 Å². The minimum absolute atomic E-state index is 0.0159. The fraction of sp³-hybridized carbons (Fsp3) is 0.632. The van der Waals surface area contributed by atoms with E-state index in [2.05, 4.69) is 10.3 Å². The molecule has 0 aromatic heterocycles. The summed E-state index contributed by atoms with van der Waals surface area (Å²) in [6.07, 6.45) is 6.23. The highest BCUT2D eigenvalue weighted by molar-refractivity contribution is 7.52. The first kappa shape index (κ1) is 17.1. The highest BCUT2D eigenvalue weighted by Crippen LogP contribution is 2.58. The average Bonchev–Trinajstić information content (AvgIpc) is 2.57. The van der Waals surface area contributed by atoms with Gasteiger partial charge in [0.25, 0.3) is 0 Å². The predicted molar refractivity (Wildman–Crippen MR) is 98.5 cm³/mol. The number of hydrogen-bond acceptors (Lipinski definition) is 4. The molecular formula is C19H27N2O3P. The molecule has 0 spiro atoms. The highest BCUT2D eigenvalue weighted by Gasteiger charge is 2.51. The number of para-hydroxylation sites is 1. The van der Waals surface area contributed by atoms with Crippen LogP contribution in [0.25, 0.3) is 0 Å². The SMILES string of the molecule is CC(C)=NNP(=O)(Oc1ccccc1)OC1C2CC3CC(C2)CC1C3. The van der Waals surface area contributed by atoms with Crippen molar-refractivity contribution in [2.45, 2.75) is 52.1 Å². The lowest BCUT2D eigenvalue weighted by Crippen LogP contribution is -2.49. The summed E-state index contributed by atoms with van der Waals surface area (Å²) in [5.41, 5.74) is 0.783. The van der Waals surface area contributed by atoms with E-state index < -0.39 is 7.75 Å². The third kappa shape index (κ3) is 3.78. The molecule has 4 saturated carbocycles. The van der Waals surface area contributed by atoms with Gasteiger partial charge in [-0.1, -0.05) is 18.2 Å². The molecule has 4 aliphatic carbocycles. The first-order valence-electron chi connectivity index (χ1n) is 9.32. The standard InChI is InChI=1S/C19H27N2O3P/c1-13(2)20-21-25(22,23-18-6-4-3-5-7-18)24-19-16-9-14-8-15(11-16)12-17(19)10-14/h3-7,14-17,19H,8-12H2,1-2H3,(H,21,22). The van der Waals surface area contributed by atoms with Crippen molar-refractivity contribution in [3.05, 3.63) is 30.3 Å². The van der Waals surface area contributed by atoms with Gasteiger partial charge in [-0.25, -0.2) is 9.76 Å². The largest absolute Gasteiger partial charge is 0.502 e. The molecule has 1 atom stereocenters. The third-order valence-electron chi connectivity index (χ3n) is 5.77. The summed E-state index contributed by atoms with van der Waals surface area (Å²) in [6, 6.07) is 9.19. The summed E-state index contributed by atoms with van der Waals surface area (Å²) in [5.74, 6) is 3.25. The van der Waals surface area contributed by atoms with Crippen LogP contribution in [0, 0.1) is 23.7 Å². The molecule has 0 amide bonds. The maximum absolute atomic E-state index is 13.4. The van der Waals surface area contributed by atoms with Crippen molar-refractivity contribution in [3.8, 4) is 5.75 Å². The Labute approximate surface area is 149 Å². The molecule has 4 bridgehead atoms. The Morgan fingerprint density at radius 3 is 2.20 bits per heavy atom. The zero-order valence-electron chi connectivity index (χ0n) is 14.9. The van der Waals surface area contributed by atoms with Gasteiger partial charge in [0.05, 0.1) is 6.10 Å². The van der Waals surface area contributed by atoms with Gasteiger partial charge in [0, 0.05) is 5.71 Å². The van der Waals surface area contributed by atoms with Gasteiger partial charge in [-0.2, -0.15) is 5.10 Å². The second kappa shape index (κ2) is 6.77. The summed E-state index contributed by atoms with van der Waals surface area (Å²) >= 11 is 0. The summed E-state index contributed by atoms with van der Waals surface area (Å²) in [4.78, 5) is 0. The van der Waals surface area contributed by atoms with Gasteiger partial charge in [-0.05, 0) is 81.8 Å². The van der Waals surface area contributed by atoms with Crippen LogP contribution in [-0.2, 0) is 9.09 Å². The Hall–Kier alpha value is -1.32. The van der Waals surface area contributed by atoms with Crippen molar-refractivity contribution in [2.75, 3.05) is 0 Å². The molecule has 1 N–H and O–H groups in total. The van der Waals surface area contributed by atoms with Gasteiger partial charge >= 0.3 is 7.75 Å². The van der Waals surface area contributed by atoms with E-state index in [0.717, 1.165) is 17.5 Å². The van der Waals surface area contributed by atoms with E-state index >= 15 is 0 Å². The van der Waals surface area contributed by atoms with Crippen molar-refractivity contribution < 1.29 is 13.6 Å². The normalized spacial score (nSPS) is 35.0. The summed E-state index contributed by atoms with van der Waals surface area (Å²) in [7, 11) is -3.56. The zero-order valence-corrected chi connectivity index (χ0v) is 15.8. The quantitative estimate of drug-likeness (QED) is 0.439. The van der Waals surface area contributed by atoms with E-state index in [1.54, 1.807) is 12.1 Å². The molecule has 6 heteroatoms. The molecule has 4 fully saturated rings. The maximum Gasteiger partial charge on any atom is 0.502 e. The maximum atomic E-state index is 13.4. The van der Waals surface area contributed by atoms with E-state index in [4.69, 9.17) is 9.05 Å². The van der Waals surface area contributed by atoms with Crippen LogP contribution < -0.4 is 9.72 Å². The molecule has 0 heterocycles. The predicted octanol–water partition coefficient (Wildman–Crippen LogP) is 5.00. The van der Waals surface area contributed by atoms with Crippen molar-refractivity contribution in [1.82, 2.24) is 5.20 Å². The Morgan fingerprint density at radius 1 is 1.04 bits per heavy atom. The fourth-order valence-electron chi connectivity index (χ4n) is 5.05. The van der Waals surface area contributed by atoms with Gasteiger partial charge in [0.15, 0.2) is 0 Å². The molecule has 136 valence electrons. The van der Waals surface area contributed by atoms with Crippen molar-refractivity contribution >= 4 is 13.5 Å². The van der Waals surface area contributed by atoms with E-state index in [0.29, 0.717) is 17.6 Å². The van der Waals surface area contributed by atoms with Crippen LogP contribution >= 0.6 is 7.75 Å². The van der Waals surface area contributed by atoms with E-state index in [1.807, 2.05) is 32.0 Å². The molecule has 5 nitrogen and oxygen atoms in total. The summed E-state index contributed by atoms with van der Waals surface area (Å²) in [6.45, 7) is 3.70. The first-order chi connectivity index (χ1) is 12.0. The molecule has 25 heavy (non-hydrogen) atoms. The molecule has 5 rings (SSSR count). The van der Waals surface area contributed by atoms with Crippen molar-refractivity contribution in [1.29, 1.82) is 0 Å². The lowest BCUT2D eigenvalue weighted by Gasteiger charge is -2.53. The molecule has 4 aliphatic rings. The summed E-state index contributed by atoms with van der Waals surface area (Å²) < 4.78 is 25.4. The van der Waals surface area contributed by atoms with Crippen molar-refractivity contribution in [3.63, 3.8) is 0 Å². The van der Waals surface area contributed by atoms with Gasteiger partial charge in [0.1, 0.15) is 5.75 Å². The minimum atomic E-state index is -3.56. The lowest BCUT2D eigenvalue weighted by atomic mass is 9.55. The molecule has 1 aromatic carbocycles. The number of nitrogens with zero attached hydrogens (tertiary/aromatic N) is 1. The van der Waals surface area contributed by atoms with Crippen LogP contribution in [0.15, 0.2) is 35.4 Å². The average molecular weight is 362 g/mol. The Kier molecular flexibility index (Phi) is 4.63. The first-order valence-corrected chi connectivity index (χ1v) is 10.9. The molecule has 0 aliphatic heterocycles. The topological polar surface area (TPSA) is 59.9 Å². The van der Waals surface area contributed by atoms with Crippen LogP contribution in [0.2, 0.25) is 0 Å². The van der Waals surface area contributed by atoms with Gasteiger partial charge in [-0.15, -0.1) is 0 Å². The minimum Gasteiger partial charge on any atom is -0.408 e. The van der Waals surface area contributed by atoms with Gasteiger partial charge in [0.2, 0.25) is 0 Å². The third-order valence-corrected chi connectivity index (χ3v) is 7.08. The molecule has 1 unspecified atom stereocenters. The van der Waals surface area contributed by atoms with Crippen LogP contribution in [0.3, 0.4) is 0 Å².